The van der Waals surface area contributed by atoms with Crippen molar-refractivity contribution in [1.82, 2.24) is 5.32 Å². The van der Waals surface area contributed by atoms with Crippen molar-refractivity contribution in [3.05, 3.63) is 60.2 Å². The zero-order valence-corrected chi connectivity index (χ0v) is 18.6. The van der Waals surface area contributed by atoms with Gasteiger partial charge in [-0.25, -0.2) is 8.42 Å². The monoisotopic (exact) mass is 431 g/mol. The quantitative estimate of drug-likeness (QED) is 0.636. The van der Waals surface area contributed by atoms with Crippen LogP contribution in [0.2, 0.25) is 0 Å². The number of hydrogen-bond acceptors (Lipinski definition) is 4. The Morgan fingerprint density at radius 2 is 1.57 bits per heavy atom. The van der Waals surface area contributed by atoms with Crippen LogP contribution < -0.4 is 14.9 Å². The Hall–Kier alpha value is -2.87. The highest BCUT2D eigenvalue weighted by atomic mass is 32.2. The van der Waals surface area contributed by atoms with Crippen LogP contribution in [-0.2, 0) is 14.8 Å². The van der Waals surface area contributed by atoms with E-state index >= 15 is 0 Å². The highest BCUT2D eigenvalue weighted by molar-refractivity contribution is 7.92. The molecule has 2 N–H and O–H groups in total. The Bertz CT molecular complexity index is 977. The number of amides is 2. The van der Waals surface area contributed by atoms with Gasteiger partial charge in [0.05, 0.1) is 23.2 Å². The molecule has 2 atom stereocenters. The van der Waals surface area contributed by atoms with Gasteiger partial charge < -0.3 is 10.6 Å². The maximum absolute atomic E-state index is 13.1. The van der Waals surface area contributed by atoms with E-state index in [1.54, 1.807) is 61.5 Å². The molecular weight excluding hydrogens is 402 g/mol. The molecule has 2 rings (SSSR count). The summed E-state index contributed by atoms with van der Waals surface area (Å²) in [6, 6.07) is 14.2. The molecule has 0 fully saturated rings. The van der Waals surface area contributed by atoms with Crippen LogP contribution in [0.5, 0.6) is 0 Å². The van der Waals surface area contributed by atoms with Crippen molar-refractivity contribution in [2.45, 2.75) is 45.7 Å². The van der Waals surface area contributed by atoms with E-state index in [0.29, 0.717) is 16.9 Å². The number of sulfonamides is 1. The Labute approximate surface area is 178 Å². The number of benzene rings is 2. The highest BCUT2D eigenvalue weighted by Gasteiger charge is 2.32. The second-order valence-corrected chi connectivity index (χ2v) is 9.00. The molecule has 2 aromatic rings. The minimum absolute atomic E-state index is 0.0107. The molecule has 0 saturated carbocycles. The molecule has 0 unspecified atom stereocenters. The summed E-state index contributed by atoms with van der Waals surface area (Å²) in [4.78, 5) is 25.7. The molecule has 30 heavy (non-hydrogen) atoms. The summed E-state index contributed by atoms with van der Waals surface area (Å²) in [7, 11) is -3.72. The van der Waals surface area contributed by atoms with Gasteiger partial charge in [-0.05, 0) is 44.0 Å². The topological polar surface area (TPSA) is 95.6 Å². The zero-order valence-electron chi connectivity index (χ0n) is 17.8. The Morgan fingerprint density at radius 1 is 0.967 bits per heavy atom. The van der Waals surface area contributed by atoms with Crippen LogP contribution in [0, 0.1) is 0 Å². The Balaban J connectivity index is 2.34. The first kappa shape index (κ1) is 23.4. The van der Waals surface area contributed by atoms with Crippen molar-refractivity contribution in [1.29, 1.82) is 0 Å². The van der Waals surface area contributed by atoms with E-state index in [2.05, 4.69) is 10.6 Å². The molecule has 0 aliphatic rings. The molecule has 8 heteroatoms. The van der Waals surface area contributed by atoms with Crippen molar-refractivity contribution < 1.29 is 18.0 Å². The minimum Gasteiger partial charge on any atom is -0.350 e. The lowest BCUT2D eigenvalue weighted by molar-refractivity contribution is -0.117. The van der Waals surface area contributed by atoms with E-state index < -0.39 is 22.0 Å². The lowest BCUT2D eigenvalue weighted by Gasteiger charge is -2.30. The first-order chi connectivity index (χ1) is 14.2. The van der Waals surface area contributed by atoms with Crippen LogP contribution in [0.4, 0.5) is 11.4 Å². The third kappa shape index (κ3) is 5.82. The molecule has 0 bridgehead atoms. The van der Waals surface area contributed by atoms with Crippen LogP contribution in [-0.4, -0.2) is 38.6 Å². The Kier molecular flexibility index (Phi) is 8.00. The standard InChI is InChI=1S/C22H29N3O4S/c1-5-16(3)23-21(26)18-14-10-11-15-19(18)24-22(27)20(6-2)25(30(4,28)29)17-12-8-7-9-13-17/h7-16,20H,5-6H2,1-4H3,(H,23,26)(H,24,27)/t16-,20+/m1/s1. The van der Waals surface area contributed by atoms with Gasteiger partial charge in [0.15, 0.2) is 0 Å². The largest absolute Gasteiger partial charge is 0.350 e. The summed E-state index contributed by atoms with van der Waals surface area (Å²) in [5.74, 6) is -0.799. The van der Waals surface area contributed by atoms with Gasteiger partial charge in [-0.2, -0.15) is 0 Å². The van der Waals surface area contributed by atoms with Gasteiger partial charge in [0.1, 0.15) is 6.04 Å². The molecule has 0 radical (unpaired) electrons. The van der Waals surface area contributed by atoms with Crippen molar-refractivity contribution in [2.24, 2.45) is 0 Å². The summed E-state index contributed by atoms with van der Waals surface area (Å²) in [5, 5.41) is 5.63. The van der Waals surface area contributed by atoms with Gasteiger partial charge in [0, 0.05) is 6.04 Å². The number of carbonyl (C=O) groups excluding carboxylic acids is 2. The average molecular weight is 432 g/mol. The van der Waals surface area contributed by atoms with Gasteiger partial charge in [-0.15, -0.1) is 0 Å². The summed E-state index contributed by atoms with van der Waals surface area (Å²) < 4.78 is 26.1. The second-order valence-electron chi connectivity index (χ2n) is 7.14. The van der Waals surface area contributed by atoms with E-state index in [4.69, 9.17) is 0 Å². The number of rotatable bonds is 9. The lowest BCUT2D eigenvalue weighted by atomic mass is 10.1. The van der Waals surface area contributed by atoms with E-state index in [1.165, 1.54) is 0 Å². The normalized spacial score (nSPS) is 13.2. The van der Waals surface area contributed by atoms with Crippen molar-refractivity contribution >= 4 is 33.2 Å². The number of hydrogen-bond donors (Lipinski definition) is 2. The van der Waals surface area contributed by atoms with Gasteiger partial charge in [-0.1, -0.05) is 44.2 Å². The molecular formula is C22H29N3O4S. The SMILES string of the molecule is CC[C@@H](C)NC(=O)c1ccccc1NC(=O)[C@H](CC)N(c1ccccc1)S(C)(=O)=O. The average Bonchev–Trinajstić information content (AvgIpc) is 2.71. The smallest absolute Gasteiger partial charge is 0.253 e. The van der Waals surface area contributed by atoms with Crippen LogP contribution in [0.1, 0.15) is 44.0 Å². The molecule has 2 amide bonds. The van der Waals surface area contributed by atoms with E-state index in [0.717, 1.165) is 17.0 Å². The molecule has 0 saturated heterocycles. The van der Waals surface area contributed by atoms with Crippen LogP contribution in [0.25, 0.3) is 0 Å². The number of carbonyl (C=O) groups is 2. The predicted molar refractivity (Wildman–Crippen MR) is 120 cm³/mol. The summed E-state index contributed by atoms with van der Waals surface area (Å²) in [5.41, 5.74) is 1.07. The van der Waals surface area contributed by atoms with Gasteiger partial charge in [0.2, 0.25) is 15.9 Å². The number of nitrogens with one attached hydrogen (secondary N) is 2. The number of anilines is 2. The van der Waals surface area contributed by atoms with Crippen LogP contribution in [0.3, 0.4) is 0 Å². The molecule has 0 aromatic heterocycles. The fourth-order valence-corrected chi connectivity index (χ4v) is 4.26. The fourth-order valence-electron chi connectivity index (χ4n) is 3.04. The summed E-state index contributed by atoms with van der Waals surface area (Å²) >= 11 is 0. The second kappa shape index (κ2) is 10.2. The van der Waals surface area contributed by atoms with Gasteiger partial charge in [0.25, 0.3) is 5.91 Å². The van der Waals surface area contributed by atoms with E-state index in [-0.39, 0.29) is 18.4 Å². The molecule has 0 aliphatic heterocycles. The maximum atomic E-state index is 13.1. The lowest BCUT2D eigenvalue weighted by Crippen LogP contribution is -2.47. The molecule has 162 valence electrons. The third-order valence-electron chi connectivity index (χ3n) is 4.76. The predicted octanol–water partition coefficient (Wildman–Crippen LogP) is 3.40. The third-order valence-corrected chi connectivity index (χ3v) is 5.94. The maximum Gasteiger partial charge on any atom is 0.253 e. The first-order valence-corrected chi connectivity index (χ1v) is 11.8. The van der Waals surface area contributed by atoms with Crippen molar-refractivity contribution in [2.75, 3.05) is 15.9 Å². The first-order valence-electron chi connectivity index (χ1n) is 9.94. The number of nitrogens with zero attached hydrogens (tertiary/aromatic N) is 1. The Morgan fingerprint density at radius 3 is 2.13 bits per heavy atom. The molecule has 7 nitrogen and oxygen atoms in total. The van der Waals surface area contributed by atoms with Crippen molar-refractivity contribution in [3.8, 4) is 0 Å². The summed E-state index contributed by atoms with van der Waals surface area (Å²) in [6.07, 6.45) is 2.11. The van der Waals surface area contributed by atoms with Crippen molar-refractivity contribution in [3.63, 3.8) is 0 Å². The minimum atomic E-state index is -3.72. The zero-order chi connectivity index (χ0) is 22.3. The molecule has 0 aliphatic carbocycles. The summed E-state index contributed by atoms with van der Waals surface area (Å²) in [6.45, 7) is 5.61. The van der Waals surface area contributed by atoms with Gasteiger partial charge >= 0.3 is 0 Å². The van der Waals surface area contributed by atoms with E-state index in [1.807, 2.05) is 13.8 Å². The van der Waals surface area contributed by atoms with Crippen LogP contribution in [0.15, 0.2) is 54.6 Å². The molecule has 0 spiro atoms. The molecule has 2 aromatic carbocycles. The highest BCUT2D eigenvalue weighted by Crippen LogP contribution is 2.24. The van der Waals surface area contributed by atoms with Gasteiger partial charge in [-0.3, -0.25) is 13.9 Å². The molecule has 0 heterocycles. The van der Waals surface area contributed by atoms with Crippen LogP contribution >= 0.6 is 0 Å². The van der Waals surface area contributed by atoms with E-state index in [9.17, 15) is 18.0 Å². The fraction of sp³-hybridized carbons (Fsp3) is 0.364. The number of para-hydroxylation sites is 2.